The zero-order valence-electron chi connectivity index (χ0n) is 11.4. The summed E-state index contributed by atoms with van der Waals surface area (Å²) in [6.45, 7) is 2.12. The number of aliphatic hydroxyl groups is 1. The fourth-order valence-corrected chi connectivity index (χ4v) is 2.80. The van der Waals surface area contributed by atoms with Crippen LogP contribution >= 0.6 is 0 Å². The molecule has 19 heavy (non-hydrogen) atoms. The van der Waals surface area contributed by atoms with E-state index in [0.29, 0.717) is 0 Å². The fourth-order valence-electron chi connectivity index (χ4n) is 2.80. The fraction of sp³-hybridized carbons (Fsp3) is 0.294. The number of likely N-dealkylation sites (N-methyl/N-ethyl adjacent to an activating group) is 1. The molecule has 2 heteroatoms. The molecular formula is C17H19NO. The molecule has 0 bridgehead atoms. The number of nitrogens with one attached hydrogen (secondary N) is 1. The van der Waals surface area contributed by atoms with Gasteiger partial charge in [-0.05, 0) is 48.2 Å². The van der Waals surface area contributed by atoms with E-state index >= 15 is 0 Å². The molecular weight excluding hydrogens is 234 g/mol. The van der Waals surface area contributed by atoms with Crippen LogP contribution in [0.1, 0.15) is 23.6 Å². The van der Waals surface area contributed by atoms with Gasteiger partial charge in [-0.15, -0.1) is 0 Å². The Bertz CT molecular complexity index is 614. The van der Waals surface area contributed by atoms with Gasteiger partial charge < -0.3 is 10.4 Å². The first-order valence-corrected chi connectivity index (χ1v) is 6.69. The summed E-state index contributed by atoms with van der Waals surface area (Å²) in [6.07, 6.45) is 0.991. The predicted octanol–water partition coefficient (Wildman–Crippen LogP) is 2.68. The van der Waals surface area contributed by atoms with Gasteiger partial charge in [0, 0.05) is 0 Å². The van der Waals surface area contributed by atoms with Crippen LogP contribution in [-0.2, 0) is 12.0 Å². The summed E-state index contributed by atoms with van der Waals surface area (Å²) in [5.74, 6) is 0. The average molecular weight is 253 g/mol. The highest BCUT2D eigenvalue weighted by Gasteiger charge is 2.26. The highest BCUT2D eigenvalue weighted by Crippen LogP contribution is 2.38. The van der Waals surface area contributed by atoms with E-state index in [9.17, 15) is 5.11 Å². The lowest BCUT2D eigenvalue weighted by molar-refractivity contribution is 0.183. The van der Waals surface area contributed by atoms with Crippen molar-refractivity contribution in [3.05, 3.63) is 59.2 Å². The topological polar surface area (TPSA) is 32.3 Å². The maximum absolute atomic E-state index is 9.60. The third-order valence-electron chi connectivity index (χ3n) is 4.30. The molecule has 1 atom stereocenters. The molecule has 0 saturated carbocycles. The quantitative estimate of drug-likeness (QED) is 0.752. The van der Waals surface area contributed by atoms with Crippen LogP contribution in [0.15, 0.2) is 42.5 Å². The van der Waals surface area contributed by atoms with E-state index in [-0.39, 0.29) is 12.1 Å². The number of fused-ring (bicyclic) bond motifs is 3. The first kappa shape index (κ1) is 12.4. The average Bonchev–Trinajstić information content (AvgIpc) is 2.84. The molecule has 1 unspecified atom stereocenters. The summed E-state index contributed by atoms with van der Waals surface area (Å²) in [7, 11) is 1.89. The van der Waals surface area contributed by atoms with Crippen molar-refractivity contribution in [2.24, 2.45) is 0 Å². The number of hydrogen-bond donors (Lipinski definition) is 2. The van der Waals surface area contributed by atoms with Crippen LogP contribution in [0.5, 0.6) is 0 Å². The van der Waals surface area contributed by atoms with Gasteiger partial charge >= 0.3 is 0 Å². The minimum atomic E-state index is -0.371. The Morgan fingerprint density at radius 3 is 2.58 bits per heavy atom. The van der Waals surface area contributed by atoms with Gasteiger partial charge in [-0.25, -0.2) is 0 Å². The third-order valence-corrected chi connectivity index (χ3v) is 4.30. The van der Waals surface area contributed by atoms with Crippen molar-refractivity contribution in [2.75, 3.05) is 13.7 Å². The van der Waals surface area contributed by atoms with Crippen molar-refractivity contribution in [3.8, 4) is 11.1 Å². The summed E-state index contributed by atoms with van der Waals surface area (Å²) in [5, 5.41) is 12.8. The Balaban J connectivity index is 2.07. The molecule has 3 rings (SSSR count). The number of aliphatic hydroxyl groups excluding tert-OH is 1. The lowest BCUT2D eigenvalue weighted by atomic mass is 9.90. The number of benzene rings is 2. The van der Waals surface area contributed by atoms with Crippen molar-refractivity contribution in [1.82, 2.24) is 5.32 Å². The van der Waals surface area contributed by atoms with Crippen molar-refractivity contribution in [2.45, 2.75) is 18.9 Å². The van der Waals surface area contributed by atoms with E-state index in [1.807, 2.05) is 14.0 Å². The van der Waals surface area contributed by atoms with E-state index in [4.69, 9.17) is 0 Å². The Morgan fingerprint density at radius 1 is 1.11 bits per heavy atom. The smallest absolute Gasteiger partial charge is 0.0652 e. The van der Waals surface area contributed by atoms with E-state index in [2.05, 4.69) is 47.8 Å². The summed E-state index contributed by atoms with van der Waals surface area (Å²) in [4.78, 5) is 0. The second-order valence-electron chi connectivity index (χ2n) is 5.45. The zero-order valence-corrected chi connectivity index (χ0v) is 11.4. The normalized spacial score (nSPS) is 15.7. The third kappa shape index (κ3) is 1.88. The van der Waals surface area contributed by atoms with Crippen LogP contribution in [0.4, 0.5) is 0 Å². The van der Waals surface area contributed by atoms with Gasteiger partial charge in [-0.3, -0.25) is 0 Å². The Hall–Kier alpha value is -1.64. The maximum Gasteiger partial charge on any atom is 0.0652 e. The van der Waals surface area contributed by atoms with Crippen LogP contribution < -0.4 is 5.32 Å². The van der Waals surface area contributed by atoms with E-state index in [0.717, 1.165) is 12.0 Å². The molecule has 0 saturated heterocycles. The van der Waals surface area contributed by atoms with Crippen molar-refractivity contribution in [3.63, 3.8) is 0 Å². The molecule has 0 amide bonds. The molecule has 2 aromatic rings. The van der Waals surface area contributed by atoms with Gasteiger partial charge in [-0.1, -0.05) is 42.5 Å². The summed E-state index contributed by atoms with van der Waals surface area (Å²) in [6, 6.07) is 15.1. The molecule has 0 fully saturated rings. The van der Waals surface area contributed by atoms with E-state index < -0.39 is 0 Å². The highest BCUT2D eigenvalue weighted by atomic mass is 16.3. The van der Waals surface area contributed by atoms with Gasteiger partial charge in [0.25, 0.3) is 0 Å². The highest BCUT2D eigenvalue weighted by molar-refractivity contribution is 5.77. The van der Waals surface area contributed by atoms with Gasteiger partial charge in [0.1, 0.15) is 0 Å². The molecule has 1 aliphatic carbocycles. The van der Waals surface area contributed by atoms with Gasteiger partial charge in [-0.2, -0.15) is 0 Å². The van der Waals surface area contributed by atoms with E-state index in [1.165, 1.54) is 22.3 Å². The van der Waals surface area contributed by atoms with Gasteiger partial charge in [0.05, 0.1) is 12.1 Å². The first-order valence-electron chi connectivity index (χ1n) is 6.69. The Kier molecular flexibility index (Phi) is 2.92. The molecule has 0 heterocycles. The molecule has 2 nitrogen and oxygen atoms in total. The molecule has 0 aromatic heterocycles. The second kappa shape index (κ2) is 4.48. The summed E-state index contributed by atoms with van der Waals surface area (Å²) < 4.78 is 0. The van der Waals surface area contributed by atoms with Crippen molar-refractivity contribution < 1.29 is 5.11 Å². The SMILES string of the molecule is CNC(C)(CO)c1ccc2c(c1)Cc1ccccc1-2. The number of rotatable bonds is 3. The van der Waals surface area contributed by atoms with Crippen LogP contribution in [0, 0.1) is 0 Å². The minimum absolute atomic E-state index is 0.0925. The van der Waals surface area contributed by atoms with Crippen molar-refractivity contribution >= 4 is 0 Å². The van der Waals surface area contributed by atoms with Gasteiger partial charge in [0.2, 0.25) is 0 Å². The molecule has 2 aromatic carbocycles. The van der Waals surface area contributed by atoms with Crippen molar-refractivity contribution in [1.29, 1.82) is 0 Å². The lowest BCUT2D eigenvalue weighted by Gasteiger charge is -2.28. The van der Waals surface area contributed by atoms with E-state index in [1.54, 1.807) is 0 Å². The maximum atomic E-state index is 9.60. The van der Waals surface area contributed by atoms with Crippen LogP contribution in [0.25, 0.3) is 11.1 Å². The monoisotopic (exact) mass is 253 g/mol. The Morgan fingerprint density at radius 2 is 1.84 bits per heavy atom. The number of hydrogen-bond acceptors (Lipinski definition) is 2. The van der Waals surface area contributed by atoms with Crippen LogP contribution in [0.2, 0.25) is 0 Å². The summed E-state index contributed by atoms with van der Waals surface area (Å²) in [5.41, 5.74) is 6.20. The first-order chi connectivity index (χ1) is 9.18. The molecule has 0 aliphatic heterocycles. The zero-order chi connectivity index (χ0) is 13.5. The Labute approximate surface area is 114 Å². The van der Waals surface area contributed by atoms with Crippen LogP contribution in [0.3, 0.4) is 0 Å². The largest absolute Gasteiger partial charge is 0.394 e. The predicted molar refractivity (Wildman–Crippen MR) is 78.2 cm³/mol. The lowest BCUT2D eigenvalue weighted by Crippen LogP contribution is -2.40. The van der Waals surface area contributed by atoms with Crippen LogP contribution in [-0.4, -0.2) is 18.8 Å². The molecule has 0 spiro atoms. The van der Waals surface area contributed by atoms with Gasteiger partial charge in [0.15, 0.2) is 0 Å². The second-order valence-corrected chi connectivity index (χ2v) is 5.45. The molecule has 2 N–H and O–H groups in total. The minimum Gasteiger partial charge on any atom is -0.394 e. The molecule has 0 radical (unpaired) electrons. The molecule has 98 valence electrons. The molecule has 1 aliphatic rings. The summed E-state index contributed by atoms with van der Waals surface area (Å²) >= 11 is 0. The standard InChI is InChI=1S/C17H19NO/c1-17(11-19,18-2)14-7-8-16-13(10-14)9-12-5-3-4-6-15(12)16/h3-8,10,18-19H,9,11H2,1-2H3.